The van der Waals surface area contributed by atoms with Gasteiger partial charge in [0.2, 0.25) is 0 Å². The van der Waals surface area contributed by atoms with Crippen molar-refractivity contribution in [2.24, 2.45) is 5.92 Å². The van der Waals surface area contributed by atoms with Gasteiger partial charge in [0, 0.05) is 19.1 Å². The fourth-order valence-electron chi connectivity index (χ4n) is 2.62. The van der Waals surface area contributed by atoms with Crippen LogP contribution in [0.2, 0.25) is 0 Å². The highest BCUT2D eigenvalue weighted by atomic mass is 16.5. The van der Waals surface area contributed by atoms with E-state index in [1.807, 2.05) is 6.92 Å². The Labute approximate surface area is 85.6 Å². The molecule has 2 fully saturated rings. The summed E-state index contributed by atoms with van der Waals surface area (Å²) in [6.45, 7) is 4.77. The van der Waals surface area contributed by atoms with Gasteiger partial charge < -0.3 is 4.74 Å². The molecule has 3 atom stereocenters. The normalized spacial score (nSPS) is 34.9. The molecule has 0 N–H and O–H groups in total. The number of fused-ring (bicyclic) bond motifs is 1. The molecule has 2 rings (SSSR count). The molecule has 0 amide bonds. The van der Waals surface area contributed by atoms with Gasteiger partial charge in [-0.05, 0) is 26.2 Å². The maximum atomic E-state index is 8.80. The van der Waals surface area contributed by atoms with Gasteiger partial charge in [0.05, 0.1) is 24.7 Å². The lowest BCUT2D eigenvalue weighted by Crippen LogP contribution is -2.49. The van der Waals surface area contributed by atoms with Crippen LogP contribution in [0.3, 0.4) is 0 Å². The van der Waals surface area contributed by atoms with Crippen molar-refractivity contribution in [1.82, 2.24) is 4.90 Å². The molecule has 3 heteroatoms. The summed E-state index contributed by atoms with van der Waals surface area (Å²) in [6.07, 6.45) is 4.20. The van der Waals surface area contributed by atoms with Crippen LogP contribution >= 0.6 is 0 Å². The predicted octanol–water partition coefficient (Wildman–Crippen LogP) is 1.40. The Balaban J connectivity index is 1.94. The number of ether oxygens (including phenoxy) is 1. The number of hydrogen-bond acceptors (Lipinski definition) is 3. The van der Waals surface area contributed by atoms with Gasteiger partial charge >= 0.3 is 0 Å². The Morgan fingerprint density at radius 1 is 1.57 bits per heavy atom. The van der Waals surface area contributed by atoms with E-state index in [0.29, 0.717) is 12.1 Å². The fraction of sp³-hybridized carbons (Fsp3) is 0.909. The molecule has 1 aliphatic heterocycles. The van der Waals surface area contributed by atoms with Gasteiger partial charge in [0.15, 0.2) is 0 Å². The second-order valence-corrected chi connectivity index (χ2v) is 4.43. The molecule has 1 aliphatic carbocycles. The summed E-state index contributed by atoms with van der Waals surface area (Å²) < 4.78 is 5.72. The number of hydrogen-bond donors (Lipinski definition) is 0. The minimum Gasteiger partial charge on any atom is -0.375 e. The molecule has 0 radical (unpaired) electrons. The van der Waals surface area contributed by atoms with E-state index in [-0.39, 0.29) is 5.92 Å². The van der Waals surface area contributed by atoms with Gasteiger partial charge in [-0.15, -0.1) is 0 Å². The van der Waals surface area contributed by atoms with Gasteiger partial charge in [-0.1, -0.05) is 0 Å². The summed E-state index contributed by atoms with van der Waals surface area (Å²) in [5.74, 6) is 0.148. The molecule has 0 spiro atoms. The van der Waals surface area contributed by atoms with E-state index in [4.69, 9.17) is 10.00 Å². The Hall–Kier alpha value is -0.590. The minimum absolute atomic E-state index is 0.148. The van der Waals surface area contributed by atoms with Crippen LogP contribution in [0, 0.1) is 17.2 Å². The molecule has 0 aromatic rings. The Kier molecular flexibility index (Phi) is 3.05. The monoisotopic (exact) mass is 194 g/mol. The van der Waals surface area contributed by atoms with Crippen LogP contribution in [0.4, 0.5) is 0 Å². The average Bonchev–Trinajstić information content (AvgIpc) is 2.66. The van der Waals surface area contributed by atoms with Gasteiger partial charge in [0.25, 0.3) is 0 Å². The summed E-state index contributed by atoms with van der Waals surface area (Å²) in [6, 6.07) is 2.91. The number of rotatable bonds is 2. The van der Waals surface area contributed by atoms with E-state index in [2.05, 4.69) is 11.0 Å². The van der Waals surface area contributed by atoms with Gasteiger partial charge in [-0.25, -0.2) is 0 Å². The molecule has 0 bridgehead atoms. The van der Waals surface area contributed by atoms with Crippen LogP contribution in [-0.4, -0.2) is 36.7 Å². The van der Waals surface area contributed by atoms with Crippen molar-refractivity contribution in [3.8, 4) is 6.07 Å². The molecule has 1 saturated carbocycles. The first-order chi connectivity index (χ1) is 6.81. The zero-order chi connectivity index (χ0) is 9.97. The highest BCUT2D eigenvalue weighted by Gasteiger charge is 2.36. The Bertz CT molecular complexity index is 236. The Morgan fingerprint density at radius 3 is 3.21 bits per heavy atom. The molecular formula is C11H18N2O. The van der Waals surface area contributed by atoms with E-state index in [9.17, 15) is 0 Å². The maximum Gasteiger partial charge on any atom is 0.0730 e. The highest BCUT2D eigenvalue weighted by Crippen LogP contribution is 2.29. The summed E-state index contributed by atoms with van der Waals surface area (Å²) in [4.78, 5) is 2.45. The summed E-state index contributed by atoms with van der Waals surface area (Å²) in [7, 11) is 0. The third kappa shape index (κ3) is 1.92. The first-order valence-electron chi connectivity index (χ1n) is 5.56. The van der Waals surface area contributed by atoms with Crippen LogP contribution in [0.1, 0.15) is 26.2 Å². The Morgan fingerprint density at radius 2 is 2.43 bits per heavy atom. The number of nitrogens with zero attached hydrogens (tertiary/aromatic N) is 2. The van der Waals surface area contributed by atoms with Crippen LogP contribution < -0.4 is 0 Å². The van der Waals surface area contributed by atoms with Crippen molar-refractivity contribution < 1.29 is 4.74 Å². The lowest BCUT2D eigenvalue weighted by Gasteiger charge is -2.38. The van der Waals surface area contributed by atoms with Crippen LogP contribution in [0.15, 0.2) is 0 Å². The van der Waals surface area contributed by atoms with Crippen molar-refractivity contribution in [1.29, 1.82) is 5.26 Å². The largest absolute Gasteiger partial charge is 0.375 e. The summed E-state index contributed by atoms with van der Waals surface area (Å²) >= 11 is 0. The standard InChI is InChI=1S/C11H18N2O/c1-9(7-12)8-13-5-6-14-11-4-2-3-10(11)13/h9-11H,2-6,8H2,1H3. The van der Waals surface area contributed by atoms with Crippen molar-refractivity contribution in [2.75, 3.05) is 19.7 Å². The second kappa shape index (κ2) is 4.29. The van der Waals surface area contributed by atoms with Crippen molar-refractivity contribution in [3.05, 3.63) is 0 Å². The molecule has 2 aliphatic rings. The molecule has 14 heavy (non-hydrogen) atoms. The number of morpholine rings is 1. The summed E-state index contributed by atoms with van der Waals surface area (Å²) in [5.41, 5.74) is 0. The smallest absolute Gasteiger partial charge is 0.0730 e. The predicted molar refractivity (Wildman–Crippen MR) is 53.7 cm³/mol. The van der Waals surface area contributed by atoms with Gasteiger partial charge in [-0.3, -0.25) is 4.90 Å². The molecule has 1 saturated heterocycles. The lowest BCUT2D eigenvalue weighted by atomic mass is 10.1. The third-order valence-corrected chi connectivity index (χ3v) is 3.33. The van der Waals surface area contributed by atoms with Crippen LogP contribution in [0.5, 0.6) is 0 Å². The van der Waals surface area contributed by atoms with E-state index in [1.165, 1.54) is 19.3 Å². The quantitative estimate of drug-likeness (QED) is 0.666. The van der Waals surface area contributed by atoms with Gasteiger partial charge in [-0.2, -0.15) is 5.26 Å². The second-order valence-electron chi connectivity index (χ2n) is 4.43. The molecular weight excluding hydrogens is 176 g/mol. The van der Waals surface area contributed by atoms with Crippen LogP contribution in [-0.2, 0) is 4.74 Å². The van der Waals surface area contributed by atoms with Crippen molar-refractivity contribution >= 4 is 0 Å². The molecule has 0 aromatic carbocycles. The molecule has 0 aromatic heterocycles. The first-order valence-corrected chi connectivity index (χ1v) is 5.56. The highest BCUT2D eigenvalue weighted by molar-refractivity contribution is 4.92. The lowest BCUT2D eigenvalue weighted by molar-refractivity contribution is -0.0576. The van der Waals surface area contributed by atoms with E-state index in [0.717, 1.165) is 19.7 Å². The summed E-state index contributed by atoms with van der Waals surface area (Å²) in [5, 5.41) is 8.80. The van der Waals surface area contributed by atoms with Crippen LogP contribution in [0.25, 0.3) is 0 Å². The molecule has 78 valence electrons. The average molecular weight is 194 g/mol. The fourth-order valence-corrected chi connectivity index (χ4v) is 2.62. The van der Waals surface area contributed by atoms with Crippen molar-refractivity contribution in [3.63, 3.8) is 0 Å². The minimum atomic E-state index is 0.148. The van der Waals surface area contributed by atoms with E-state index < -0.39 is 0 Å². The zero-order valence-electron chi connectivity index (χ0n) is 8.78. The van der Waals surface area contributed by atoms with E-state index >= 15 is 0 Å². The van der Waals surface area contributed by atoms with E-state index in [1.54, 1.807) is 0 Å². The molecule has 3 unspecified atom stereocenters. The molecule has 1 heterocycles. The number of nitriles is 1. The van der Waals surface area contributed by atoms with Gasteiger partial charge in [0.1, 0.15) is 0 Å². The molecule has 3 nitrogen and oxygen atoms in total. The zero-order valence-corrected chi connectivity index (χ0v) is 8.78. The topological polar surface area (TPSA) is 36.3 Å². The van der Waals surface area contributed by atoms with Crippen molar-refractivity contribution in [2.45, 2.75) is 38.3 Å². The SMILES string of the molecule is CC(C#N)CN1CCOC2CCCC21. The maximum absolute atomic E-state index is 8.80. The third-order valence-electron chi connectivity index (χ3n) is 3.33. The first kappa shape index (κ1) is 9.95.